The Morgan fingerprint density at radius 1 is 1.16 bits per heavy atom. The first-order chi connectivity index (χ1) is 9.33. The molecule has 0 saturated heterocycles. The Morgan fingerprint density at radius 2 is 1.95 bits per heavy atom. The number of aromatic nitrogens is 3. The topological polar surface area (TPSA) is 76.2 Å². The van der Waals surface area contributed by atoms with E-state index in [-0.39, 0.29) is 0 Å². The average molecular weight is 253 g/mol. The Kier molecular flexibility index (Phi) is 2.89. The van der Waals surface area contributed by atoms with Crippen molar-refractivity contribution in [3.63, 3.8) is 0 Å². The van der Waals surface area contributed by atoms with Gasteiger partial charge >= 0.3 is 6.01 Å². The minimum atomic E-state index is 0.344. The summed E-state index contributed by atoms with van der Waals surface area (Å²) in [5.41, 5.74) is 4.92. The van der Waals surface area contributed by atoms with E-state index in [4.69, 9.17) is 4.42 Å². The lowest BCUT2D eigenvalue weighted by Crippen LogP contribution is -2.04. The zero-order valence-corrected chi connectivity index (χ0v) is 10.2. The predicted molar refractivity (Wildman–Crippen MR) is 71.9 cm³/mol. The zero-order chi connectivity index (χ0) is 13.1. The third kappa shape index (κ3) is 2.42. The molecule has 94 valence electrons. The molecule has 0 radical (unpaired) electrons. The first-order valence-corrected chi connectivity index (χ1v) is 5.76. The molecule has 0 aliphatic carbocycles. The maximum absolute atomic E-state index is 5.48. The fraction of sp³-hybridized carbons (Fsp3) is 0.0769. The fourth-order valence-corrected chi connectivity index (χ4v) is 1.59. The van der Waals surface area contributed by atoms with E-state index in [1.807, 2.05) is 31.2 Å². The van der Waals surface area contributed by atoms with Crippen LogP contribution in [0.25, 0.3) is 11.1 Å². The van der Waals surface area contributed by atoms with Crippen LogP contribution in [0.1, 0.15) is 12.7 Å². The Hall–Kier alpha value is -2.76. The lowest BCUT2D eigenvalue weighted by molar-refractivity contribution is 0.617. The highest BCUT2D eigenvalue weighted by Gasteiger charge is 2.04. The number of benzene rings is 1. The van der Waals surface area contributed by atoms with Crippen LogP contribution in [0.4, 0.5) is 6.01 Å². The van der Waals surface area contributed by atoms with Crippen molar-refractivity contribution in [3.05, 3.63) is 48.5 Å². The predicted octanol–water partition coefficient (Wildman–Crippen LogP) is 2.45. The van der Waals surface area contributed by atoms with Crippen molar-refractivity contribution in [1.29, 1.82) is 0 Å². The van der Waals surface area contributed by atoms with Crippen LogP contribution >= 0.6 is 0 Å². The van der Waals surface area contributed by atoms with E-state index in [0.29, 0.717) is 23.1 Å². The molecule has 6 heteroatoms. The first kappa shape index (κ1) is 11.3. The number of nitrogens with zero attached hydrogens (tertiary/aromatic N) is 4. The van der Waals surface area contributed by atoms with Gasteiger partial charge in [-0.3, -0.25) is 0 Å². The van der Waals surface area contributed by atoms with E-state index >= 15 is 0 Å². The standard InChI is InChI=1S/C13H11N5O/c1-9(12-14-7-4-8-15-12)17-18-13-16-10-5-2-3-6-11(10)19-13/h2-8H,1H3,(H,16,18)/b17-9+. The van der Waals surface area contributed by atoms with Gasteiger partial charge < -0.3 is 4.42 Å². The van der Waals surface area contributed by atoms with E-state index in [9.17, 15) is 0 Å². The van der Waals surface area contributed by atoms with Gasteiger partial charge in [0.1, 0.15) is 11.2 Å². The minimum absolute atomic E-state index is 0.344. The van der Waals surface area contributed by atoms with Crippen molar-refractivity contribution < 1.29 is 4.42 Å². The molecule has 19 heavy (non-hydrogen) atoms. The Balaban J connectivity index is 1.82. The summed E-state index contributed by atoms with van der Waals surface area (Å²) in [5.74, 6) is 0.561. The highest BCUT2D eigenvalue weighted by atomic mass is 16.4. The van der Waals surface area contributed by atoms with Crippen LogP contribution in [0.15, 0.2) is 52.2 Å². The van der Waals surface area contributed by atoms with Gasteiger partial charge in [-0.2, -0.15) is 10.1 Å². The van der Waals surface area contributed by atoms with Crippen LogP contribution in [-0.4, -0.2) is 20.7 Å². The molecule has 0 aliphatic heterocycles. The van der Waals surface area contributed by atoms with Crippen LogP contribution in [0, 0.1) is 0 Å². The largest absolute Gasteiger partial charge is 0.422 e. The molecule has 0 saturated carbocycles. The summed E-state index contributed by atoms with van der Waals surface area (Å²) >= 11 is 0. The molecule has 2 aromatic heterocycles. The second kappa shape index (κ2) is 4.85. The smallest absolute Gasteiger partial charge is 0.316 e. The summed E-state index contributed by atoms with van der Waals surface area (Å²) in [6.45, 7) is 1.81. The number of anilines is 1. The van der Waals surface area contributed by atoms with Gasteiger partial charge in [-0.05, 0) is 25.1 Å². The van der Waals surface area contributed by atoms with Crippen LogP contribution in [0.2, 0.25) is 0 Å². The van der Waals surface area contributed by atoms with Crippen LogP contribution in [0.5, 0.6) is 0 Å². The van der Waals surface area contributed by atoms with Gasteiger partial charge in [0.2, 0.25) is 0 Å². The lowest BCUT2D eigenvalue weighted by Gasteiger charge is -1.97. The van der Waals surface area contributed by atoms with Crippen LogP contribution in [0.3, 0.4) is 0 Å². The summed E-state index contributed by atoms with van der Waals surface area (Å²) in [7, 11) is 0. The third-order valence-corrected chi connectivity index (χ3v) is 2.50. The quantitative estimate of drug-likeness (QED) is 0.573. The SMILES string of the molecule is C/C(=N\Nc1nc2ccccc2o1)c1ncccn1. The Morgan fingerprint density at radius 3 is 2.74 bits per heavy atom. The molecular weight excluding hydrogens is 242 g/mol. The molecule has 0 spiro atoms. The molecule has 0 unspecified atom stereocenters. The van der Waals surface area contributed by atoms with Gasteiger partial charge in [-0.25, -0.2) is 15.4 Å². The second-order valence-corrected chi connectivity index (χ2v) is 3.87. The summed E-state index contributed by atoms with van der Waals surface area (Å²) in [5, 5.41) is 4.15. The van der Waals surface area contributed by atoms with Crippen LogP contribution < -0.4 is 5.43 Å². The van der Waals surface area contributed by atoms with E-state index in [2.05, 4.69) is 25.5 Å². The molecule has 0 fully saturated rings. The third-order valence-electron chi connectivity index (χ3n) is 2.50. The summed E-state index contributed by atoms with van der Waals surface area (Å²) < 4.78 is 5.48. The number of para-hydroxylation sites is 2. The second-order valence-electron chi connectivity index (χ2n) is 3.87. The zero-order valence-electron chi connectivity index (χ0n) is 10.2. The molecule has 0 amide bonds. The molecule has 3 aromatic rings. The molecule has 0 aliphatic rings. The maximum atomic E-state index is 5.48. The average Bonchev–Trinajstić information content (AvgIpc) is 2.88. The minimum Gasteiger partial charge on any atom is -0.422 e. The summed E-state index contributed by atoms with van der Waals surface area (Å²) in [4.78, 5) is 12.5. The normalized spacial score (nSPS) is 11.7. The molecular formula is C13H11N5O. The number of hydrazone groups is 1. The van der Waals surface area contributed by atoms with Crippen molar-refractivity contribution in [2.45, 2.75) is 6.92 Å². The van der Waals surface area contributed by atoms with Crippen LogP contribution in [-0.2, 0) is 0 Å². The molecule has 6 nitrogen and oxygen atoms in total. The van der Waals surface area contributed by atoms with E-state index in [0.717, 1.165) is 5.52 Å². The molecule has 2 heterocycles. The molecule has 1 N–H and O–H groups in total. The number of hydrogen-bond acceptors (Lipinski definition) is 6. The van der Waals surface area contributed by atoms with Gasteiger partial charge in [0.25, 0.3) is 0 Å². The van der Waals surface area contributed by atoms with Gasteiger partial charge in [0, 0.05) is 12.4 Å². The van der Waals surface area contributed by atoms with Crippen molar-refractivity contribution in [2.24, 2.45) is 5.10 Å². The first-order valence-electron chi connectivity index (χ1n) is 5.76. The lowest BCUT2D eigenvalue weighted by atomic mass is 10.3. The summed E-state index contributed by atoms with van der Waals surface area (Å²) in [6, 6.07) is 9.62. The number of hydrogen-bond donors (Lipinski definition) is 1. The van der Waals surface area contributed by atoms with E-state index < -0.39 is 0 Å². The number of fused-ring (bicyclic) bond motifs is 1. The van der Waals surface area contributed by atoms with Crippen molar-refractivity contribution in [3.8, 4) is 0 Å². The highest BCUT2D eigenvalue weighted by Crippen LogP contribution is 2.17. The maximum Gasteiger partial charge on any atom is 0.316 e. The molecule has 0 atom stereocenters. The molecule has 1 aromatic carbocycles. The van der Waals surface area contributed by atoms with Crippen molar-refractivity contribution in [2.75, 3.05) is 5.43 Å². The number of rotatable bonds is 3. The number of oxazole rings is 1. The van der Waals surface area contributed by atoms with Gasteiger partial charge in [0.05, 0.1) is 0 Å². The Labute approximate surface area is 109 Å². The van der Waals surface area contributed by atoms with Gasteiger partial charge in [-0.1, -0.05) is 12.1 Å². The van der Waals surface area contributed by atoms with E-state index in [1.165, 1.54) is 0 Å². The van der Waals surface area contributed by atoms with Gasteiger partial charge in [0.15, 0.2) is 11.4 Å². The fourth-order valence-electron chi connectivity index (χ4n) is 1.59. The van der Waals surface area contributed by atoms with Crippen molar-refractivity contribution in [1.82, 2.24) is 15.0 Å². The van der Waals surface area contributed by atoms with Gasteiger partial charge in [-0.15, -0.1) is 0 Å². The molecule has 3 rings (SSSR count). The molecule has 0 bridgehead atoms. The monoisotopic (exact) mass is 253 g/mol. The highest BCUT2D eigenvalue weighted by molar-refractivity contribution is 5.95. The van der Waals surface area contributed by atoms with Crippen molar-refractivity contribution >= 4 is 22.8 Å². The van der Waals surface area contributed by atoms with E-state index in [1.54, 1.807) is 18.5 Å². The Bertz CT molecular complexity index is 687. The number of nitrogens with one attached hydrogen (secondary N) is 1. The summed E-state index contributed by atoms with van der Waals surface area (Å²) in [6.07, 6.45) is 3.33.